The van der Waals surface area contributed by atoms with Crippen molar-refractivity contribution >= 4 is 5.91 Å². The predicted molar refractivity (Wildman–Crippen MR) is 79.9 cm³/mol. The lowest BCUT2D eigenvalue weighted by Crippen LogP contribution is -2.48. The van der Waals surface area contributed by atoms with E-state index in [4.69, 9.17) is 10.00 Å². The Bertz CT molecular complexity index is 519. The van der Waals surface area contributed by atoms with Crippen molar-refractivity contribution in [2.24, 2.45) is 0 Å². The molecular formula is C16H21N3O2. The van der Waals surface area contributed by atoms with E-state index in [0.717, 1.165) is 25.9 Å². The van der Waals surface area contributed by atoms with Gasteiger partial charge in [-0.1, -0.05) is 0 Å². The molecule has 1 aliphatic rings. The number of nitrogens with zero attached hydrogens (tertiary/aromatic N) is 3. The van der Waals surface area contributed by atoms with Crippen LogP contribution < -0.4 is 4.74 Å². The van der Waals surface area contributed by atoms with Crippen molar-refractivity contribution in [3.63, 3.8) is 0 Å². The largest absolute Gasteiger partial charge is 0.484 e. The third-order valence-electron chi connectivity index (χ3n) is 3.83. The Balaban J connectivity index is 1.85. The summed E-state index contributed by atoms with van der Waals surface area (Å²) < 4.78 is 5.50. The number of carbonyl (C=O) groups is 1. The van der Waals surface area contributed by atoms with Crippen molar-refractivity contribution in [2.45, 2.75) is 18.9 Å². The molecule has 1 aliphatic heterocycles. The van der Waals surface area contributed by atoms with Crippen molar-refractivity contribution in [1.82, 2.24) is 9.80 Å². The molecular weight excluding hydrogens is 266 g/mol. The van der Waals surface area contributed by atoms with Gasteiger partial charge >= 0.3 is 0 Å². The molecule has 1 aromatic carbocycles. The van der Waals surface area contributed by atoms with Gasteiger partial charge in [0.1, 0.15) is 5.75 Å². The van der Waals surface area contributed by atoms with Gasteiger partial charge in [-0.15, -0.1) is 0 Å². The summed E-state index contributed by atoms with van der Waals surface area (Å²) in [6, 6.07) is 9.27. The molecule has 1 atom stereocenters. The second-order valence-corrected chi connectivity index (χ2v) is 5.52. The van der Waals surface area contributed by atoms with Crippen LogP contribution in [0.2, 0.25) is 0 Å². The molecule has 1 saturated heterocycles. The summed E-state index contributed by atoms with van der Waals surface area (Å²) in [4.78, 5) is 16.2. The highest BCUT2D eigenvalue weighted by molar-refractivity contribution is 5.78. The third-order valence-corrected chi connectivity index (χ3v) is 3.83. The van der Waals surface area contributed by atoms with Gasteiger partial charge < -0.3 is 14.5 Å². The van der Waals surface area contributed by atoms with E-state index >= 15 is 0 Å². The summed E-state index contributed by atoms with van der Waals surface area (Å²) >= 11 is 0. The van der Waals surface area contributed by atoms with Crippen LogP contribution in [0.15, 0.2) is 24.3 Å². The Labute approximate surface area is 125 Å². The lowest BCUT2D eigenvalue weighted by atomic mass is 10.1. The molecule has 0 saturated carbocycles. The van der Waals surface area contributed by atoms with Crippen LogP contribution in [0.1, 0.15) is 18.4 Å². The van der Waals surface area contributed by atoms with E-state index in [2.05, 4.69) is 11.0 Å². The summed E-state index contributed by atoms with van der Waals surface area (Å²) in [5, 5.41) is 8.73. The van der Waals surface area contributed by atoms with Crippen LogP contribution in [0.25, 0.3) is 0 Å². The average molecular weight is 287 g/mol. The Morgan fingerprint density at radius 2 is 2.14 bits per heavy atom. The monoisotopic (exact) mass is 287 g/mol. The minimum Gasteiger partial charge on any atom is -0.484 e. The van der Waals surface area contributed by atoms with Gasteiger partial charge in [-0.2, -0.15) is 5.26 Å². The molecule has 2 rings (SSSR count). The highest BCUT2D eigenvalue weighted by atomic mass is 16.5. The van der Waals surface area contributed by atoms with Crippen LogP contribution >= 0.6 is 0 Å². The number of rotatable bonds is 4. The zero-order valence-electron chi connectivity index (χ0n) is 12.6. The van der Waals surface area contributed by atoms with E-state index in [1.54, 1.807) is 24.3 Å². The summed E-state index contributed by atoms with van der Waals surface area (Å²) in [6.45, 7) is 1.62. The second-order valence-electron chi connectivity index (χ2n) is 5.52. The van der Waals surface area contributed by atoms with Crippen molar-refractivity contribution in [3.05, 3.63) is 29.8 Å². The first-order chi connectivity index (χ1) is 10.1. The summed E-state index contributed by atoms with van der Waals surface area (Å²) in [6.07, 6.45) is 2.17. The van der Waals surface area contributed by atoms with E-state index < -0.39 is 0 Å². The van der Waals surface area contributed by atoms with Gasteiger partial charge in [0.05, 0.1) is 11.6 Å². The highest BCUT2D eigenvalue weighted by Crippen LogP contribution is 2.15. The number of amides is 1. The number of nitriles is 1. The van der Waals surface area contributed by atoms with Crippen LogP contribution in [0.4, 0.5) is 0 Å². The lowest BCUT2D eigenvalue weighted by molar-refractivity contribution is -0.135. The number of likely N-dealkylation sites (N-methyl/N-ethyl adjacent to an activating group) is 1. The molecule has 0 N–H and O–H groups in total. The van der Waals surface area contributed by atoms with Crippen molar-refractivity contribution in [3.8, 4) is 11.8 Å². The van der Waals surface area contributed by atoms with Gasteiger partial charge in [-0.25, -0.2) is 0 Å². The van der Waals surface area contributed by atoms with Crippen LogP contribution in [0.3, 0.4) is 0 Å². The van der Waals surface area contributed by atoms with Crippen molar-refractivity contribution < 1.29 is 9.53 Å². The molecule has 1 heterocycles. The Kier molecular flexibility index (Phi) is 5.18. The SMILES string of the molecule is CN(C)C1CCCN(C(=O)COc2ccc(C#N)cc2)C1. The number of likely N-dealkylation sites (tertiary alicyclic amines) is 1. The van der Waals surface area contributed by atoms with Gasteiger partial charge in [0.2, 0.25) is 0 Å². The first-order valence-corrected chi connectivity index (χ1v) is 7.17. The van der Waals surface area contributed by atoms with E-state index in [1.165, 1.54) is 0 Å². The van der Waals surface area contributed by atoms with Crippen LogP contribution in [-0.4, -0.2) is 55.5 Å². The molecule has 5 heteroatoms. The van der Waals surface area contributed by atoms with E-state index in [1.807, 2.05) is 19.0 Å². The van der Waals surface area contributed by atoms with Crippen LogP contribution in [0.5, 0.6) is 5.75 Å². The van der Waals surface area contributed by atoms with Gasteiger partial charge in [0.15, 0.2) is 6.61 Å². The van der Waals surface area contributed by atoms with Crippen molar-refractivity contribution in [1.29, 1.82) is 5.26 Å². The zero-order chi connectivity index (χ0) is 15.2. The minimum absolute atomic E-state index is 0.0194. The zero-order valence-corrected chi connectivity index (χ0v) is 12.6. The fourth-order valence-corrected chi connectivity index (χ4v) is 2.46. The molecule has 1 amide bonds. The Morgan fingerprint density at radius 3 is 2.76 bits per heavy atom. The predicted octanol–water partition coefficient (Wildman–Crippen LogP) is 1.49. The molecule has 0 spiro atoms. The molecule has 112 valence electrons. The molecule has 0 aliphatic carbocycles. The van der Waals surface area contributed by atoms with Gasteiger partial charge in [0, 0.05) is 19.1 Å². The maximum absolute atomic E-state index is 12.2. The quantitative estimate of drug-likeness (QED) is 0.842. The van der Waals surface area contributed by atoms with Crippen LogP contribution in [0, 0.1) is 11.3 Å². The minimum atomic E-state index is 0.0194. The average Bonchev–Trinajstić information content (AvgIpc) is 2.53. The summed E-state index contributed by atoms with van der Waals surface area (Å²) in [7, 11) is 4.10. The fourth-order valence-electron chi connectivity index (χ4n) is 2.46. The summed E-state index contributed by atoms with van der Waals surface area (Å²) in [5.41, 5.74) is 0.582. The molecule has 1 fully saturated rings. The number of ether oxygens (including phenoxy) is 1. The number of piperidine rings is 1. The topological polar surface area (TPSA) is 56.6 Å². The van der Waals surface area contributed by atoms with Gasteiger partial charge in [-0.05, 0) is 51.2 Å². The lowest BCUT2D eigenvalue weighted by Gasteiger charge is -2.36. The smallest absolute Gasteiger partial charge is 0.260 e. The van der Waals surface area contributed by atoms with Crippen molar-refractivity contribution in [2.75, 3.05) is 33.8 Å². The number of benzene rings is 1. The van der Waals surface area contributed by atoms with E-state index in [0.29, 0.717) is 17.4 Å². The molecule has 5 nitrogen and oxygen atoms in total. The third kappa shape index (κ3) is 4.20. The second kappa shape index (κ2) is 7.09. The molecule has 1 unspecified atom stereocenters. The molecule has 21 heavy (non-hydrogen) atoms. The first kappa shape index (κ1) is 15.3. The maximum Gasteiger partial charge on any atom is 0.260 e. The number of carbonyl (C=O) groups excluding carboxylic acids is 1. The normalized spacial score (nSPS) is 18.4. The molecule has 0 aromatic heterocycles. The number of hydrogen-bond acceptors (Lipinski definition) is 4. The standard InChI is InChI=1S/C16H21N3O2/c1-18(2)14-4-3-9-19(11-14)16(20)12-21-15-7-5-13(10-17)6-8-15/h5-8,14H,3-4,9,11-12H2,1-2H3. The highest BCUT2D eigenvalue weighted by Gasteiger charge is 2.24. The maximum atomic E-state index is 12.2. The van der Waals surface area contributed by atoms with E-state index in [-0.39, 0.29) is 12.5 Å². The molecule has 0 radical (unpaired) electrons. The van der Waals surface area contributed by atoms with Gasteiger partial charge in [-0.3, -0.25) is 4.79 Å². The molecule has 1 aromatic rings. The van der Waals surface area contributed by atoms with Gasteiger partial charge in [0.25, 0.3) is 5.91 Å². The molecule has 0 bridgehead atoms. The number of hydrogen-bond donors (Lipinski definition) is 0. The van der Waals surface area contributed by atoms with E-state index in [9.17, 15) is 4.79 Å². The first-order valence-electron chi connectivity index (χ1n) is 7.17. The Morgan fingerprint density at radius 1 is 1.43 bits per heavy atom. The fraction of sp³-hybridized carbons (Fsp3) is 0.500. The Hall–Kier alpha value is -2.06. The van der Waals surface area contributed by atoms with Crippen LogP contribution in [-0.2, 0) is 4.79 Å². The summed E-state index contributed by atoms with van der Waals surface area (Å²) in [5.74, 6) is 0.634.